The van der Waals surface area contributed by atoms with E-state index in [0.29, 0.717) is 6.42 Å². The molecule has 1 aromatic heterocycles. The lowest BCUT2D eigenvalue weighted by molar-refractivity contribution is 0.0888. The first-order valence-electron chi connectivity index (χ1n) is 6.03. The molecule has 3 N–H and O–H groups in total. The molecule has 20 heavy (non-hydrogen) atoms. The summed E-state index contributed by atoms with van der Waals surface area (Å²) in [5.41, 5.74) is 0.889. The first kappa shape index (κ1) is 14.4. The fourth-order valence-corrected chi connectivity index (χ4v) is 1.92. The Hall–Kier alpha value is -1.98. The second-order valence-corrected chi connectivity index (χ2v) is 4.70. The summed E-state index contributed by atoms with van der Waals surface area (Å²) in [6.07, 6.45) is 0.441. The molecule has 5 nitrogen and oxygen atoms in total. The van der Waals surface area contributed by atoms with Crippen LogP contribution in [0.15, 0.2) is 40.8 Å². The van der Waals surface area contributed by atoms with Crippen molar-refractivity contribution in [2.75, 3.05) is 6.61 Å². The molecular weight excluding hydrogens is 282 g/mol. The maximum atomic E-state index is 11.9. The molecule has 1 amide bonds. The number of aliphatic hydroxyl groups is 1. The van der Waals surface area contributed by atoms with Crippen molar-refractivity contribution in [1.29, 1.82) is 0 Å². The molecule has 0 unspecified atom stereocenters. The maximum Gasteiger partial charge on any atom is 0.287 e. The van der Waals surface area contributed by atoms with Gasteiger partial charge in [0, 0.05) is 0 Å². The summed E-state index contributed by atoms with van der Waals surface area (Å²) < 4.78 is 5.00. The Kier molecular flexibility index (Phi) is 4.65. The molecule has 0 bridgehead atoms. The van der Waals surface area contributed by atoms with Crippen LogP contribution in [0.2, 0.25) is 5.22 Å². The summed E-state index contributed by atoms with van der Waals surface area (Å²) in [4.78, 5) is 11.9. The number of hydrogen-bond donors (Lipinski definition) is 3. The van der Waals surface area contributed by atoms with Crippen LogP contribution in [0.1, 0.15) is 16.1 Å². The second kappa shape index (κ2) is 6.45. The minimum absolute atomic E-state index is 0.0964. The summed E-state index contributed by atoms with van der Waals surface area (Å²) in [5.74, 6) is -0.169. The van der Waals surface area contributed by atoms with Gasteiger partial charge in [-0.25, -0.2) is 0 Å². The molecule has 0 aliphatic rings. The van der Waals surface area contributed by atoms with Crippen molar-refractivity contribution < 1.29 is 19.4 Å². The molecule has 0 spiro atoms. The Balaban J connectivity index is 1.98. The lowest BCUT2D eigenvalue weighted by Crippen LogP contribution is -2.38. The highest BCUT2D eigenvalue weighted by atomic mass is 35.5. The molecule has 1 atom stereocenters. The van der Waals surface area contributed by atoms with Gasteiger partial charge in [-0.15, -0.1) is 0 Å². The van der Waals surface area contributed by atoms with E-state index in [9.17, 15) is 15.0 Å². The average Bonchev–Trinajstić information content (AvgIpc) is 2.87. The van der Waals surface area contributed by atoms with Crippen LogP contribution < -0.4 is 5.32 Å². The highest BCUT2D eigenvalue weighted by Crippen LogP contribution is 2.14. The summed E-state index contributed by atoms with van der Waals surface area (Å²) in [6.45, 7) is -0.207. The summed E-state index contributed by atoms with van der Waals surface area (Å²) >= 11 is 5.60. The molecule has 2 rings (SSSR count). The number of halogens is 1. The van der Waals surface area contributed by atoms with Crippen LogP contribution in [-0.2, 0) is 6.42 Å². The summed E-state index contributed by atoms with van der Waals surface area (Å²) in [6, 6.07) is 9.06. The third-order valence-corrected chi connectivity index (χ3v) is 2.97. The van der Waals surface area contributed by atoms with Gasteiger partial charge < -0.3 is 19.9 Å². The third kappa shape index (κ3) is 3.76. The zero-order valence-corrected chi connectivity index (χ0v) is 11.3. The minimum atomic E-state index is -0.448. The van der Waals surface area contributed by atoms with Crippen molar-refractivity contribution >= 4 is 17.5 Å². The van der Waals surface area contributed by atoms with Gasteiger partial charge in [0.25, 0.3) is 5.91 Å². The van der Waals surface area contributed by atoms with Crippen LogP contribution in [0.4, 0.5) is 0 Å². The van der Waals surface area contributed by atoms with Crippen LogP contribution in [0.3, 0.4) is 0 Å². The van der Waals surface area contributed by atoms with E-state index in [-0.39, 0.29) is 23.3 Å². The Morgan fingerprint density at radius 3 is 2.50 bits per heavy atom. The van der Waals surface area contributed by atoms with E-state index in [1.165, 1.54) is 12.1 Å². The first-order chi connectivity index (χ1) is 9.58. The van der Waals surface area contributed by atoms with Gasteiger partial charge in [0.15, 0.2) is 11.0 Å². The first-order valence-corrected chi connectivity index (χ1v) is 6.41. The van der Waals surface area contributed by atoms with Crippen LogP contribution >= 0.6 is 11.6 Å². The predicted molar refractivity (Wildman–Crippen MR) is 73.9 cm³/mol. The van der Waals surface area contributed by atoms with Crippen LogP contribution in [0.25, 0.3) is 0 Å². The van der Waals surface area contributed by atoms with Crippen molar-refractivity contribution in [3.8, 4) is 5.75 Å². The van der Waals surface area contributed by atoms with E-state index in [2.05, 4.69) is 5.32 Å². The molecule has 6 heteroatoms. The van der Waals surface area contributed by atoms with E-state index in [0.717, 1.165) is 5.56 Å². The largest absolute Gasteiger partial charge is 0.508 e. The van der Waals surface area contributed by atoms with E-state index >= 15 is 0 Å². The third-order valence-electron chi connectivity index (χ3n) is 2.77. The molecule has 0 saturated carbocycles. The van der Waals surface area contributed by atoms with Gasteiger partial charge in [0.05, 0.1) is 12.6 Å². The number of phenolic OH excluding ortho intramolecular Hbond substituents is 1. The smallest absolute Gasteiger partial charge is 0.287 e. The molecule has 0 saturated heterocycles. The van der Waals surface area contributed by atoms with E-state index < -0.39 is 11.9 Å². The molecule has 1 aromatic carbocycles. The molecule has 0 radical (unpaired) electrons. The van der Waals surface area contributed by atoms with E-state index in [1.54, 1.807) is 24.3 Å². The highest BCUT2D eigenvalue weighted by Gasteiger charge is 2.16. The Labute approximate surface area is 120 Å². The number of benzene rings is 1. The van der Waals surface area contributed by atoms with Gasteiger partial charge in [-0.3, -0.25) is 4.79 Å². The van der Waals surface area contributed by atoms with E-state index in [1.807, 2.05) is 0 Å². The number of carbonyl (C=O) groups excluding carboxylic acids is 1. The number of hydrogen-bond acceptors (Lipinski definition) is 4. The lowest BCUT2D eigenvalue weighted by Gasteiger charge is -2.15. The highest BCUT2D eigenvalue weighted by molar-refractivity contribution is 6.29. The maximum absolute atomic E-state index is 11.9. The molecule has 0 fully saturated rings. The number of furan rings is 1. The Morgan fingerprint density at radius 1 is 1.25 bits per heavy atom. The van der Waals surface area contributed by atoms with Crippen LogP contribution in [-0.4, -0.2) is 28.8 Å². The number of aliphatic hydroxyl groups excluding tert-OH is 1. The van der Waals surface area contributed by atoms with Gasteiger partial charge >= 0.3 is 0 Å². The second-order valence-electron chi connectivity index (χ2n) is 4.33. The van der Waals surface area contributed by atoms with E-state index in [4.69, 9.17) is 16.0 Å². The summed E-state index contributed by atoms with van der Waals surface area (Å²) in [5, 5.41) is 21.3. The van der Waals surface area contributed by atoms with Crippen LogP contribution in [0, 0.1) is 0 Å². The number of rotatable bonds is 5. The Morgan fingerprint density at radius 2 is 1.95 bits per heavy atom. The Bertz CT molecular complexity index is 579. The van der Waals surface area contributed by atoms with Gasteiger partial charge in [-0.05, 0) is 47.9 Å². The molecule has 0 aliphatic heterocycles. The van der Waals surface area contributed by atoms with Crippen molar-refractivity contribution in [2.24, 2.45) is 0 Å². The number of aromatic hydroxyl groups is 1. The molecule has 2 aromatic rings. The molecular formula is C14H14ClNO4. The quantitative estimate of drug-likeness (QED) is 0.787. The minimum Gasteiger partial charge on any atom is -0.508 e. The van der Waals surface area contributed by atoms with Crippen molar-refractivity contribution in [3.05, 3.63) is 52.9 Å². The van der Waals surface area contributed by atoms with Crippen LogP contribution in [0.5, 0.6) is 5.75 Å². The number of amides is 1. The molecule has 106 valence electrons. The SMILES string of the molecule is O=C(N[C@H](CO)Cc1ccc(O)cc1)c1ccc(Cl)o1. The monoisotopic (exact) mass is 295 g/mol. The van der Waals surface area contributed by atoms with Gasteiger partial charge in [-0.2, -0.15) is 0 Å². The van der Waals surface area contributed by atoms with Gasteiger partial charge in [-0.1, -0.05) is 12.1 Å². The number of nitrogens with one attached hydrogen (secondary N) is 1. The summed E-state index contributed by atoms with van der Waals surface area (Å²) in [7, 11) is 0. The zero-order valence-electron chi connectivity index (χ0n) is 10.5. The lowest BCUT2D eigenvalue weighted by atomic mass is 10.1. The molecule has 0 aliphatic carbocycles. The molecule has 1 heterocycles. The topological polar surface area (TPSA) is 82.7 Å². The number of phenols is 1. The normalized spacial score (nSPS) is 12.1. The predicted octanol–water partition coefficient (Wildman–Crippen LogP) is 1.97. The van der Waals surface area contributed by atoms with Crippen molar-refractivity contribution in [2.45, 2.75) is 12.5 Å². The standard InChI is InChI=1S/C14H14ClNO4/c15-13-6-5-12(20-13)14(19)16-10(8-17)7-9-1-3-11(18)4-2-9/h1-6,10,17-18H,7-8H2,(H,16,19)/t10-/m0/s1. The zero-order chi connectivity index (χ0) is 14.5. The van der Waals surface area contributed by atoms with Gasteiger partial charge in [0.1, 0.15) is 5.75 Å². The van der Waals surface area contributed by atoms with Crippen molar-refractivity contribution in [3.63, 3.8) is 0 Å². The number of carbonyl (C=O) groups is 1. The van der Waals surface area contributed by atoms with Crippen molar-refractivity contribution in [1.82, 2.24) is 5.32 Å². The fourth-order valence-electron chi connectivity index (χ4n) is 1.77. The average molecular weight is 296 g/mol. The fraction of sp³-hybridized carbons (Fsp3) is 0.214. The van der Waals surface area contributed by atoms with Gasteiger partial charge in [0.2, 0.25) is 0 Å².